The van der Waals surface area contributed by atoms with E-state index in [1.165, 1.54) is 4.90 Å². The predicted molar refractivity (Wildman–Crippen MR) is 106 cm³/mol. The SMILES string of the molecule is CN1C(=O)[C@H](c2ccc3c(cnn3C)c2)[C@@](C)(c2cccc(C#N)c2)N=C1N. The van der Waals surface area contributed by atoms with Gasteiger partial charge in [-0.05, 0) is 42.3 Å². The lowest BCUT2D eigenvalue weighted by molar-refractivity contribution is -0.130. The molecule has 7 heteroatoms. The Bertz CT molecular complexity index is 1170. The van der Waals surface area contributed by atoms with Crippen LogP contribution in [-0.4, -0.2) is 33.6 Å². The van der Waals surface area contributed by atoms with E-state index >= 15 is 0 Å². The smallest absolute Gasteiger partial charge is 0.239 e. The molecule has 28 heavy (non-hydrogen) atoms. The molecule has 0 radical (unpaired) electrons. The fraction of sp³-hybridized carbons (Fsp3) is 0.238. The highest BCUT2D eigenvalue weighted by Gasteiger charge is 2.47. The minimum absolute atomic E-state index is 0.138. The van der Waals surface area contributed by atoms with Crippen LogP contribution in [0.15, 0.2) is 53.7 Å². The quantitative estimate of drug-likeness (QED) is 0.745. The molecule has 2 heterocycles. The fourth-order valence-electron chi connectivity index (χ4n) is 3.89. The largest absolute Gasteiger partial charge is 0.369 e. The number of aliphatic imine (C=N–C) groups is 1. The number of nitriles is 1. The molecule has 0 unspecified atom stereocenters. The average molecular weight is 372 g/mol. The van der Waals surface area contributed by atoms with Crippen LogP contribution in [0, 0.1) is 11.3 Å². The number of guanidine groups is 1. The summed E-state index contributed by atoms with van der Waals surface area (Å²) in [5.41, 5.74) is 8.23. The lowest BCUT2D eigenvalue weighted by Crippen LogP contribution is -2.52. The number of carbonyl (C=O) groups is 1. The Balaban J connectivity index is 1.94. The number of fused-ring (bicyclic) bond motifs is 1. The maximum Gasteiger partial charge on any atom is 0.239 e. The van der Waals surface area contributed by atoms with Crippen LogP contribution in [0.3, 0.4) is 0 Å². The Morgan fingerprint density at radius 2 is 2.00 bits per heavy atom. The summed E-state index contributed by atoms with van der Waals surface area (Å²) in [4.78, 5) is 19.4. The van der Waals surface area contributed by atoms with E-state index < -0.39 is 11.5 Å². The summed E-state index contributed by atoms with van der Waals surface area (Å²) in [6, 6.07) is 15.2. The van der Waals surface area contributed by atoms with E-state index in [-0.39, 0.29) is 11.9 Å². The molecule has 1 aliphatic heterocycles. The lowest BCUT2D eigenvalue weighted by atomic mass is 9.74. The lowest BCUT2D eigenvalue weighted by Gasteiger charge is -2.41. The highest BCUT2D eigenvalue weighted by atomic mass is 16.2. The van der Waals surface area contributed by atoms with Crippen molar-refractivity contribution in [3.63, 3.8) is 0 Å². The molecule has 0 aliphatic carbocycles. The molecule has 140 valence electrons. The van der Waals surface area contributed by atoms with Crippen LogP contribution >= 0.6 is 0 Å². The van der Waals surface area contributed by atoms with Gasteiger partial charge < -0.3 is 5.73 Å². The van der Waals surface area contributed by atoms with Crippen LogP contribution in [0.4, 0.5) is 0 Å². The molecule has 4 rings (SSSR count). The first-order chi connectivity index (χ1) is 13.3. The first-order valence-corrected chi connectivity index (χ1v) is 8.90. The number of nitrogens with two attached hydrogens (primary N) is 1. The van der Waals surface area contributed by atoms with Gasteiger partial charge in [0.15, 0.2) is 5.96 Å². The fourth-order valence-corrected chi connectivity index (χ4v) is 3.89. The zero-order chi connectivity index (χ0) is 20.1. The first kappa shape index (κ1) is 17.7. The van der Waals surface area contributed by atoms with Gasteiger partial charge in [-0.1, -0.05) is 18.2 Å². The van der Waals surface area contributed by atoms with Gasteiger partial charge in [0.2, 0.25) is 5.91 Å². The van der Waals surface area contributed by atoms with Crippen molar-refractivity contribution in [2.24, 2.45) is 17.8 Å². The molecular formula is C21H20N6O. The van der Waals surface area contributed by atoms with Gasteiger partial charge in [-0.3, -0.25) is 14.4 Å². The Labute approximate surface area is 162 Å². The molecule has 0 saturated carbocycles. The second kappa shape index (κ2) is 6.20. The van der Waals surface area contributed by atoms with E-state index in [1.54, 1.807) is 36.1 Å². The van der Waals surface area contributed by atoms with E-state index in [4.69, 9.17) is 10.7 Å². The van der Waals surface area contributed by atoms with Crippen molar-refractivity contribution in [1.82, 2.24) is 14.7 Å². The third-order valence-corrected chi connectivity index (χ3v) is 5.51. The van der Waals surface area contributed by atoms with Crippen molar-refractivity contribution in [2.45, 2.75) is 18.4 Å². The Kier molecular flexibility index (Phi) is 3.93. The third kappa shape index (κ3) is 2.54. The number of aromatic nitrogens is 2. The summed E-state index contributed by atoms with van der Waals surface area (Å²) in [7, 11) is 3.51. The summed E-state index contributed by atoms with van der Waals surface area (Å²) >= 11 is 0. The standard InChI is InChI=1S/C21H20N6O/c1-21(16-6-4-5-13(9-16)11-22)18(19(28)26(2)20(23)25-21)14-7-8-17-15(10-14)12-24-27(17)3/h4-10,12,18H,1-3H3,(H2,23,25)/t18-,21+/m0/s1. The average Bonchev–Trinajstić information content (AvgIpc) is 3.06. The van der Waals surface area contributed by atoms with E-state index in [9.17, 15) is 10.1 Å². The molecule has 1 aromatic heterocycles. The Morgan fingerprint density at radius 1 is 1.21 bits per heavy atom. The number of hydrogen-bond acceptors (Lipinski definition) is 5. The number of amides is 1. The van der Waals surface area contributed by atoms with Crippen LogP contribution in [0.5, 0.6) is 0 Å². The van der Waals surface area contributed by atoms with Crippen molar-refractivity contribution in [3.8, 4) is 6.07 Å². The molecule has 1 aliphatic rings. The van der Waals surface area contributed by atoms with Crippen molar-refractivity contribution in [1.29, 1.82) is 5.26 Å². The van der Waals surface area contributed by atoms with Crippen LogP contribution in [0.1, 0.15) is 29.5 Å². The molecule has 3 aromatic rings. The second-order valence-electron chi connectivity index (χ2n) is 7.23. The number of aryl methyl sites for hydroxylation is 1. The molecule has 7 nitrogen and oxygen atoms in total. The van der Waals surface area contributed by atoms with Gasteiger partial charge in [-0.2, -0.15) is 10.4 Å². The van der Waals surface area contributed by atoms with Crippen LogP contribution < -0.4 is 5.73 Å². The van der Waals surface area contributed by atoms with Gasteiger partial charge in [0.1, 0.15) is 5.54 Å². The highest BCUT2D eigenvalue weighted by molar-refractivity contribution is 6.02. The van der Waals surface area contributed by atoms with Gasteiger partial charge >= 0.3 is 0 Å². The summed E-state index contributed by atoms with van der Waals surface area (Å²) in [5, 5.41) is 14.5. The van der Waals surface area contributed by atoms with Crippen LogP contribution in [0.25, 0.3) is 10.9 Å². The van der Waals surface area contributed by atoms with Crippen molar-refractivity contribution < 1.29 is 4.79 Å². The van der Waals surface area contributed by atoms with Crippen LogP contribution in [0.2, 0.25) is 0 Å². The third-order valence-electron chi connectivity index (χ3n) is 5.51. The normalized spacial score (nSPS) is 22.2. The molecule has 2 N–H and O–H groups in total. The van der Waals surface area contributed by atoms with Gasteiger partial charge in [-0.25, -0.2) is 4.99 Å². The number of nitrogens with zero attached hydrogens (tertiary/aromatic N) is 5. The topological polar surface area (TPSA) is 100 Å². The van der Waals surface area contributed by atoms with E-state index in [0.29, 0.717) is 5.56 Å². The Morgan fingerprint density at radius 3 is 2.75 bits per heavy atom. The molecule has 2 aromatic carbocycles. The highest BCUT2D eigenvalue weighted by Crippen LogP contribution is 2.44. The van der Waals surface area contributed by atoms with E-state index in [2.05, 4.69) is 11.2 Å². The number of benzene rings is 2. The van der Waals surface area contributed by atoms with E-state index in [0.717, 1.165) is 22.0 Å². The summed E-state index contributed by atoms with van der Waals surface area (Å²) < 4.78 is 1.79. The zero-order valence-electron chi connectivity index (χ0n) is 15.9. The monoisotopic (exact) mass is 372 g/mol. The number of hydrogen-bond donors (Lipinski definition) is 1. The van der Waals surface area contributed by atoms with Crippen LogP contribution in [-0.2, 0) is 17.4 Å². The minimum Gasteiger partial charge on any atom is -0.369 e. The van der Waals surface area contributed by atoms with Gasteiger partial charge in [0, 0.05) is 19.5 Å². The van der Waals surface area contributed by atoms with Crippen molar-refractivity contribution in [3.05, 3.63) is 65.4 Å². The molecule has 0 saturated heterocycles. The molecular weight excluding hydrogens is 352 g/mol. The second-order valence-corrected chi connectivity index (χ2v) is 7.23. The number of likely N-dealkylation sites (N-methyl/N-ethyl adjacent to an activating group) is 1. The Hall–Kier alpha value is -3.66. The number of carbonyl (C=O) groups excluding carboxylic acids is 1. The minimum atomic E-state index is -0.934. The molecule has 2 atom stereocenters. The molecule has 1 amide bonds. The molecule has 0 spiro atoms. The van der Waals surface area contributed by atoms with E-state index in [1.807, 2.05) is 38.2 Å². The maximum absolute atomic E-state index is 13.3. The van der Waals surface area contributed by atoms with Crippen molar-refractivity contribution in [2.75, 3.05) is 7.05 Å². The van der Waals surface area contributed by atoms with Gasteiger partial charge in [-0.15, -0.1) is 0 Å². The summed E-state index contributed by atoms with van der Waals surface area (Å²) in [6.07, 6.45) is 1.78. The molecule has 0 bridgehead atoms. The summed E-state index contributed by atoms with van der Waals surface area (Å²) in [5.74, 6) is -0.558. The predicted octanol–water partition coefficient (Wildman–Crippen LogP) is 2.23. The first-order valence-electron chi connectivity index (χ1n) is 8.90. The molecule has 0 fully saturated rings. The summed E-state index contributed by atoms with van der Waals surface area (Å²) in [6.45, 7) is 1.89. The van der Waals surface area contributed by atoms with Crippen molar-refractivity contribution >= 4 is 22.8 Å². The van der Waals surface area contributed by atoms with Gasteiger partial charge in [0.05, 0.1) is 29.3 Å². The van der Waals surface area contributed by atoms with Gasteiger partial charge in [0.25, 0.3) is 0 Å². The zero-order valence-corrected chi connectivity index (χ0v) is 15.9. The number of rotatable bonds is 2. The maximum atomic E-state index is 13.3.